The number of sulfonamides is 1. The predicted octanol–water partition coefficient (Wildman–Crippen LogP) is 2.16. The summed E-state index contributed by atoms with van der Waals surface area (Å²) in [6.07, 6.45) is 0. The van der Waals surface area contributed by atoms with Gasteiger partial charge in [-0.1, -0.05) is 24.3 Å². The van der Waals surface area contributed by atoms with Crippen LogP contribution in [0.4, 0.5) is 11.4 Å². The van der Waals surface area contributed by atoms with E-state index in [1.54, 1.807) is 12.1 Å². The minimum absolute atomic E-state index is 0.210. The molecule has 0 saturated heterocycles. The summed E-state index contributed by atoms with van der Waals surface area (Å²) >= 11 is 0. The Morgan fingerprint density at radius 1 is 1.07 bits per heavy atom. The van der Waals surface area contributed by atoms with E-state index in [2.05, 4.69) is 9.82 Å². The minimum Gasteiger partial charge on any atom is -0.279 e. The molecule has 0 aliphatic rings. The first-order valence-corrected chi connectivity index (χ1v) is 9.17. The van der Waals surface area contributed by atoms with Crippen molar-refractivity contribution >= 4 is 21.4 Å². The highest BCUT2D eigenvalue weighted by Crippen LogP contribution is 2.27. The molecule has 3 aromatic rings. The lowest BCUT2D eigenvalue weighted by Gasteiger charge is -2.10. The summed E-state index contributed by atoms with van der Waals surface area (Å²) in [5.41, 5.74) is 0.478. The lowest BCUT2D eigenvalue weighted by atomic mass is 10.1. The van der Waals surface area contributed by atoms with Crippen molar-refractivity contribution in [1.82, 2.24) is 9.78 Å². The average molecular weight is 386 g/mol. The van der Waals surface area contributed by atoms with E-state index in [4.69, 9.17) is 0 Å². The molecule has 27 heavy (non-hydrogen) atoms. The van der Waals surface area contributed by atoms with Gasteiger partial charge in [-0.05, 0) is 24.3 Å². The molecule has 0 saturated carbocycles. The van der Waals surface area contributed by atoms with E-state index < -0.39 is 25.5 Å². The molecular formula is C17H14N4O5S. The molecule has 1 heterocycles. The molecule has 2 aromatic carbocycles. The van der Waals surface area contributed by atoms with Crippen molar-refractivity contribution in [2.24, 2.45) is 7.05 Å². The topological polar surface area (TPSA) is 124 Å². The van der Waals surface area contributed by atoms with Crippen LogP contribution in [0.2, 0.25) is 0 Å². The summed E-state index contributed by atoms with van der Waals surface area (Å²) < 4.78 is 28.7. The summed E-state index contributed by atoms with van der Waals surface area (Å²) in [4.78, 5) is 21.4. The van der Waals surface area contributed by atoms with Crippen molar-refractivity contribution in [2.75, 3.05) is 4.72 Å². The molecule has 0 fully saturated rings. The fourth-order valence-corrected chi connectivity index (χ4v) is 3.67. The fraction of sp³-hybridized carbons (Fsp3) is 0.0588. The molecule has 138 valence electrons. The maximum absolute atomic E-state index is 12.6. The molecular weight excluding hydrogens is 372 g/mol. The zero-order valence-electron chi connectivity index (χ0n) is 14.1. The normalized spacial score (nSPS) is 11.1. The molecule has 0 bridgehead atoms. The van der Waals surface area contributed by atoms with Crippen LogP contribution >= 0.6 is 0 Å². The van der Waals surface area contributed by atoms with Gasteiger partial charge in [0.05, 0.1) is 10.6 Å². The average Bonchev–Trinajstić information content (AvgIpc) is 2.64. The van der Waals surface area contributed by atoms with E-state index in [0.717, 1.165) is 6.07 Å². The lowest BCUT2D eigenvalue weighted by Crippen LogP contribution is -2.18. The number of anilines is 1. The molecule has 0 aliphatic heterocycles. The maximum Gasteiger partial charge on any atom is 0.289 e. The number of aryl methyl sites for hydroxylation is 1. The smallest absolute Gasteiger partial charge is 0.279 e. The number of nitrogens with one attached hydrogen (secondary N) is 1. The zero-order chi connectivity index (χ0) is 19.6. The van der Waals surface area contributed by atoms with Gasteiger partial charge in [0.25, 0.3) is 21.3 Å². The number of hydrogen-bond donors (Lipinski definition) is 1. The number of nitro benzene ring substituents is 1. The molecule has 0 unspecified atom stereocenters. The van der Waals surface area contributed by atoms with E-state index in [0.29, 0.717) is 11.3 Å². The number of nitrogens with zero attached hydrogens (tertiary/aromatic N) is 3. The number of aromatic nitrogens is 2. The van der Waals surface area contributed by atoms with Crippen LogP contribution in [0, 0.1) is 10.1 Å². The van der Waals surface area contributed by atoms with Gasteiger partial charge in [0.1, 0.15) is 0 Å². The first-order chi connectivity index (χ1) is 12.8. The SMILES string of the molecule is Cn1nc(-c2cccc(NS(=O)(=O)c3ccccc3[N+](=O)[O-])c2)ccc1=O. The second-order valence-corrected chi connectivity index (χ2v) is 7.24. The molecule has 1 N–H and O–H groups in total. The van der Waals surface area contributed by atoms with Crippen molar-refractivity contribution in [3.05, 3.63) is 81.1 Å². The van der Waals surface area contributed by atoms with E-state index in [-0.39, 0.29) is 11.2 Å². The molecule has 10 heteroatoms. The summed E-state index contributed by atoms with van der Waals surface area (Å²) in [6, 6.07) is 14.3. The Morgan fingerprint density at radius 3 is 2.52 bits per heavy atom. The van der Waals surface area contributed by atoms with E-state index >= 15 is 0 Å². The van der Waals surface area contributed by atoms with Gasteiger partial charge in [-0.15, -0.1) is 0 Å². The number of nitro groups is 1. The third kappa shape index (κ3) is 3.85. The second-order valence-electron chi connectivity index (χ2n) is 5.59. The summed E-state index contributed by atoms with van der Waals surface area (Å²) in [5.74, 6) is 0. The van der Waals surface area contributed by atoms with Crippen molar-refractivity contribution in [3.63, 3.8) is 0 Å². The zero-order valence-corrected chi connectivity index (χ0v) is 14.9. The maximum atomic E-state index is 12.6. The van der Waals surface area contributed by atoms with Gasteiger partial charge < -0.3 is 0 Å². The number of para-hydroxylation sites is 1. The van der Waals surface area contributed by atoms with Crippen LogP contribution < -0.4 is 10.3 Å². The molecule has 9 nitrogen and oxygen atoms in total. The van der Waals surface area contributed by atoms with Gasteiger partial charge in [-0.3, -0.25) is 19.6 Å². The monoisotopic (exact) mass is 386 g/mol. The highest BCUT2D eigenvalue weighted by atomic mass is 32.2. The molecule has 3 rings (SSSR count). The van der Waals surface area contributed by atoms with Gasteiger partial charge in [-0.2, -0.15) is 5.10 Å². The van der Waals surface area contributed by atoms with Crippen LogP contribution in [0.3, 0.4) is 0 Å². The van der Waals surface area contributed by atoms with Gasteiger partial charge in [-0.25, -0.2) is 13.1 Å². The van der Waals surface area contributed by atoms with Crippen molar-refractivity contribution in [1.29, 1.82) is 0 Å². The van der Waals surface area contributed by atoms with Crippen LogP contribution in [0.5, 0.6) is 0 Å². The van der Waals surface area contributed by atoms with E-state index in [1.807, 2.05) is 0 Å². The van der Waals surface area contributed by atoms with E-state index in [1.165, 1.54) is 54.2 Å². The second kappa shape index (κ2) is 7.00. The Balaban J connectivity index is 1.98. The van der Waals surface area contributed by atoms with Gasteiger partial charge >= 0.3 is 0 Å². The predicted molar refractivity (Wildman–Crippen MR) is 98.8 cm³/mol. The fourth-order valence-electron chi connectivity index (χ4n) is 2.44. The number of rotatable bonds is 5. The number of hydrogen-bond acceptors (Lipinski definition) is 6. The Labute approximate surface area is 154 Å². The van der Waals surface area contributed by atoms with Crippen LogP contribution in [0.1, 0.15) is 0 Å². The summed E-state index contributed by atoms with van der Waals surface area (Å²) in [5, 5.41) is 15.2. The first kappa shape index (κ1) is 18.3. The quantitative estimate of drug-likeness (QED) is 0.529. The minimum atomic E-state index is -4.17. The third-order valence-corrected chi connectivity index (χ3v) is 5.15. The van der Waals surface area contributed by atoms with Crippen LogP contribution in [0.15, 0.2) is 70.4 Å². The largest absolute Gasteiger partial charge is 0.289 e. The Morgan fingerprint density at radius 2 is 1.81 bits per heavy atom. The highest BCUT2D eigenvalue weighted by Gasteiger charge is 2.25. The molecule has 0 spiro atoms. The standard InChI is InChI=1S/C17H14N4O5S/c1-20-17(22)10-9-14(18-20)12-5-4-6-13(11-12)19-27(25,26)16-8-3-2-7-15(16)21(23)24/h2-11,19H,1H3. The highest BCUT2D eigenvalue weighted by molar-refractivity contribution is 7.92. The lowest BCUT2D eigenvalue weighted by molar-refractivity contribution is -0.387. The Kier molecular flexibility index (Phi) is 4.74. The molecule has 0 radical (unpaired) electrons. The first-order valence-electron chi connectivity index (χ1n) is 7.69. The molecule has 1 aromatic heterocycles. The molecule has 0 amide bonds. The van der Waals surface area contributed by atoms with Crippen molar-refractivity contribution < 1.29 is 13.3 Å². The Hall–Kier alpha value is -3.53. The van der Waals surface area contributed by atoms with Gasteiger partial charge in [0.2, 0.25) is 0 Å². The third-order valence-electron chi connectivity index (χ3n) is 3.72. The van der Waals surface area contributed by atoms with Gasteiger partial charge in [0, 0.05) is 30.4 Å². The van der Waals surface area contributed by atoms with E-state index in [9.17, 15) is 23.3 Å². The Bertz CT molecular complexity index is 1190. The van der Waals surface area contributed by atoms with Crippen molar-refractivity contribution in [2.45, 2.75) is 4.90 Å². The van der Waals surface area contributed by atoms with Crippen molar-refractivity contribution in [3.8, 4) is 11.3 Å². The van der Waals surface area contributed by atoms with Gasteiger partial charge in [0.15, 0.2) is 4.90 Å². The van der Waals surface area contributed by atoms with Crippen LogP contribution in [-0.4, -0.2) is 23.1 Å². The summed E-state index contributed by atoms with van der Waals surface area (Å²) in [6.45, 7) is 0. The van der Waals surface area contributed by atoms with Crippen LogP contribution in [0.25, 0.3) is 11.3 Å². The van der Waals surface area contributed by atoms with Crippen LogP contribution in [-0.2, 0) is 17.1 Å². The molecule has 0 atom stereocenters. The summed E-state index contributed by atoms with van der Waals surface area (Å²) in [7, 11) is -2.66. The molecule has 0 aliphatic carbocycles. The number of benzene rings is 2.